The van der Waals surface area contributed by atoms with Crippen LogP contribution in [0.25, 0.3) is 0 Å². The molecule has 0 amide bonds. The lowest BCUT2D eigenvalue weighted by atomic mass is 9.86. The number of guanidine groups is 1. The lowest BCUT2D eigenvalue weighted by Gasteiger charge is -2.40. The van der Waals surface area contributed by atoms with Crippen LogP contribution in [0.2, 0.25) is 0 Å². The van der Waals surface area contributed by atoms with Crippen LogP contribution in [0.15, 0.2) is 29.3 Å². The third kappa shape index (κ3) is 4.86. The Morgan fingerprint density at radius 3 is 2.78 bits per heavy atom. The Labute approximate surface area is 178 Å². The number of aliphatic imine (C=N–C) groups is 1. The Balaban J connectivity index is 0.00000210. The highest BCUT2D eigenvalue weighted by molar-refractivity contribution is 14.0. The standard InChI is InChI=1S/C20H29N3O3.HI/c1-21-19(22-13-15-14-24-10-11-25-15)23-17-12-20(8-4-5-9-20)26-18-7-3-2-6-16(17)18;/h2-3,6-7,15,17H,4-5,8-14H2,1H3,(H2,21,22,23);1H. The molecule has 2 unspecified atom stereocenters. The molecule has 0 bridgehead atoms. The molecule has 2 heterocycles. The second-order valence-electron chi connectivity index (χ2n) is 7.45. The molecule has 4 rings (SSSR count). The fourth-order valence-electron chi connectivity index (χ4n) is 4.30. The smallest absolute Gasteiger partial charge is 0.191 e. The number of hydrogen-bond donors (Lipinski definition) is 2. The predicted octanol–water partition coefficient (Wildman–Crippen LogP) is 3.02. The van der Waals surface area contributed by atoms with Crippen LogP contribution in [0.5, 0.6) is 5.75 Å². The summed E-state index contributed by atoms with van der Waals surface area (Å²) < 4.78 is 17.6. The van der Waals surface area contributed by atoms with E-state index < -0.39 is 0 Å². The third-order valence-electron chi connectivity index (χ3n) is 5.63. The highest BCUT2D eigenvalue weighted by Crippen LogP contribution is 2.46. The largest absolute Gasteiger partial charge is 0.487 e. The Kier molecular flexibility index (Phi) is 7.22. The van der Waals surface area contributed by atoms with E-state index in [1.165, 1.54) is 18.4 Å². The molecule has 1 saturated heterocycles. The molecule has 2 aliphatic heterocycles. The molecule has 2 N–H and O–H groups in total. The Bertz CT molecular complexity index is 643. The maximum absolute atomic E-state index is 6.44. The molecule has 2 fully saturated rings. The van der Waals surface area contributed by atoms with Gasteiger partial charge in [0.05, 0.1) is 32.0 Å². The highest BCUT2D eigenvalue weighted by Gasteiger charge is 2.43. The number of benzene rings is 1. The van der Waals surface area contributed by atoms with E-state index >= 15 is 0 Å². The van der Waals surface area contributed by atoms with Crippen molar-refractivity contribution in [2.75, 3.05) is 33.4 Å². The number of halogens is 1. The van der Waals surface area contributed by atoms with Crippen molar-refractivity contribution >= 4 is 29.9 Å². The molecule has 3 aliphatic rings. The Morgan fingerprint density at radius 2 is 2.04 bits per heavy atom. The van der Waals surface area contributed by atoms with Crippen LogP contribution in [0, 0.1) is 0 Å². The monoisotopic (exact) mass is 487 g/mol. The molecule has 1 saturated carbocycles. The topological polar surface area (TPSA) is 64.1 Å². The van der Waals surface area contributed by atoms with Gasteiger partial charge in [-0.1, -0.05) is 18.2 Å². The molecule has 27 heavy (non-hydrogen) atoms. The summed E-state index contributed by atoms with van der Waals surface area (Å²) in [6.07, 6.45) is 5.83. The van der Waals surface area contributed by atoms with E-state index in [-0.39, 0.29) is 41.7 Å². The van der Waals surface area contributed by atoms with E-state index in [0.717, 1.165) is 31.0 Å². The van der Waals surface area contributed by atoms with Gasteiger partial charge in [-0.25, -0.2) is 0 Å². The van der Waals surface area contributed by atoms with Gasteiger partial charge >= 0.3 is 0 Å². The maximum atomic E-state index is 6.44. The number of para-hydroxylation sites is 1. The van der Waals surface area contributed by atoms with Crippen molar-refractivity contribution in [1.82, 2.24) is 10.6 Å². The highest BCUT2D eigenvalue weighted by atomic mass is 127. The first-order chi connectivity index (χ1) is 12.8. The average Bonchev–Trinajstić information content (AvgIpc) is 3.13. The molecule has 1 aliphatic carbocycles. The van der Waals surface area contributed by atoms with Crippen LogP contribution in [0.4, 0.5) is 0 Å². The summed E-state index contributed by atoms with van der Waals surface area (Å²) in [6, 6.07) is 8.57. The number of fused-ring (bicyclic) bond motifs is 1. The van der Waals surface area contributed by atoms with Gasteiger partial charge in [0.1, 0.15) is 11.4 Å². The van der Waals surface area contributed by atoms with E-state index in [0.29, 0.717) is 26.4 Å². The Morgan fingerprint density at radius 1 is 1.22 bits per heavy atom. The summed E-state index contributed by atoms with van der Waals surface area (Å²) in [5, 5.41) is 7.00. The van der Waals surface area contributed by atoms with Crippen LogP contribution >= 0.6 is 24.0 Å². The van der Waals surface area contributed by atoms with Gasteiger partial charge in [-0.05, 0) is 31.7 Å². The van der Waals surface area contributed by atoms with Crippen LogP contribution in [-0.2, 0) is 9.47 Å². The van der Waals surface area contributed by atoms with E-state index in [9.17, 15) is 0 Å². The zero-order chi connectivity index (χ0) is 17.8. The van der Waals surface area contributed by atoms with Crippen molar-refractivity contribution in [3.05, 3.63) is 29.8 Å². The molecule has 2 atom stereocenters. The quantitative estimate of drug-likeness (QED) is 0.390. The first-order valence-electron chi connectivity index (χ1n) is 9.72. The summed E-state index contributed by atoms with van der Waals surface area (Å²) in [5.74, 6) is 1.81. The Hall–Kier alpha value is -1.06. The minimum Gasteiger partial charge on any atom is -0.487 e. The number of hydrogen-bond acceptors (Lipinski definition) is 4. The van der Waals surface area contributed by atoms with E-state index in [1.807, 2.05) is 7.05 Å². The van der Waals surface area contributed by atoms with Gasteiger partial charge in [-0.2, -0.15) is 0 Å². The SMILES string of the molecule is CN=C(NCC1COCCO1)NC1CC2(CCCC2)Oc2ccccc21.I. The van der Waals surface area contributed by atoms with E-state index in [1.54, 1.807) is 0 Å². The molecule has 150 valence electrons. The van der Waals surface area contributed by atoms with Gasteiger partial charge < -0.3 is 24.8 Å². The molecule has 6 nitrogen and oxygen atoms in total. The van der Waals surface area contributed by atoms with Crippen molar-refractivity contribution in [3.63, 3.8) is 0 Å². The molecule has 7 heteroatoms. The number of rotatable bonds is 3. The van der Waals surface area contributed by atoms with Crippen molar-refractivity contribution in [1.29, 1.82) is 0 Å². The minimum atomic E-state index is -0.0226. The molecule has 1 aromatic carbocycles. The normalized spacial score (nSPS) is 26.6. The van der Waals surface area contributed by atoms with Crippen molar-refractivity contribution in [2.24, 2.45) is 4.99 Å². The first-order valence-corrected chi connectivity index (χ1v) is 9.72. The first kappa shape index (κ1) is 20.7. The summed E-state index contributed by atoms with van der Waals surface area (Å²) in [4.78, 5) is 4.41. The van der Waals surface area contributed by atoms with Gasteiger partial charge in [0.15, 0.2) is 5.96 Å². The number of nitrogens with zero attached hydrogens (tertiary/aromatic N) is 1. The van der Waals surface area contributed by atoms with Crippen LogP contribution in [0.3, 0.4) is 0 Å². The molecular weight excluding hydrogens is 457 g/mol. The average molecular weight is 487 g/mol. The third-order valence-corrected chi connectivity index (χ3v) is 5.63. The van der Waals surface area contributed by atoms with E-state index in [2.05, 4.69) is 39.9 Å². The lowest BCUT2D eigenvalue weighted by molar-refractivity contribution is -0.0850. The number of ether oxygens (including phenoxy) is 3. The molecule has 0 aromatic heterocycles. The van der Waals surface area contributed by atoms with Crippen LogP contribution in [-0.4, -0.2) is 51.1 Å². The molecule has 1 spiro atoms. The van der Waals surface area contributed by atoms with Crippen LogP contribution in [0.1, 0.15) is 43.7 Å². The maximum Gasteiger partial charge on any atom is 0.191 e. The van der Waals surface area contributed by atoms with Crippen molar-refractivity contribution in [3.8, 4) is 5.75 Å². The zero-order valence-electron chi connectivity index (χ0n) is 15.9. The molecule has 1 aromatic rings. The molecule has 0 radical (unpaired) electrons. The fraction of sp³-hybridized carbons (Fsp3) is 0.650. The summed E-state index contributed by atoms with van der Waals surface area (Å²) >= 11 is 0. The van der Waals surface area contributed by atoms with Crippen molar-refractivity contribution < 1.29 is 14.2 Å². The van der Waals surface area contributed by atoms with Gasteiger partial charge in [-0.3, -0.25) is 4.99 Å². The second kappa shape index (κ2) is 9.43. The van der Waals surface area contributed by atoms with Crippen molar-refractivity contribution in [2.45, 2.75) is 49.9 Å². The van der Waals surface area contributed by atoms with Crippen LogP contribution < -0.4 is 15.4 Å². The summed E-state index contributed by atoms with van der Waals surface area (Å²) in [6.45, 7) is 2.67. The predicted molar refractivity (Wildman–Crippen MR) is 116 cm³/mol. The van der Waals surface area contributed by atoms with Gasteiger partial charge in [-0.15, -0.1) is 24.0 Å². The second-order valence-corrected chi connectivity index (χ2v) is 7.45. The lowest BCUT2D eigenvalue weighted by Crippen LogP contribution is -2.49. The zero-order valence-corrected chi connectivity index (χ0v) is 18.2. The molecular formula is C20H30IN3O3. The fourth-order valence-corrected chi connectivity index (χ4v) is 4.30. The summed E-state index contributed by atoms with van der Waals surface area (Å²) in [7, 11) is 1.81. The number of nitrogens with one attached hydrogen (secondary N) is 2. The van der Waals surface area contributed by atoms with Gasteiger partial charge in [0.25, 0.3) is 0 Å². The van der Waals surface area contributed by atoms with Gasteiger partial charge in [0.2, 0.25) is 0 Å². The summed E-state index contributed by atoms with van der Waals surface area (Å²) in [5.41, 5.74) is 1.19. The van der Waals surface area contributed by atoms with Gasteiger partial charge in [0, 0.05) is 25.6 Å². The minimum absolute atomic E-state index is 0. The van der Waals surface area contributed by atoms with E-state index in [4.69, 9.17) is 14.2 Å².